The van der Waals surface area contributed by atoms with Gasteiger partial charge in [0.05, 0.1) is 6.10 Å². The molecule has 1 saturated carbocycles. The van der Waals surface area contributed by atoms with E-state index in [-0.39, 0.29) is 12.0 Å². The third-order valence-electron chi connectivity index (χ3n) is 3.43. The van der Waals surface area contributed by atoms with E-state index in [1.165, 1.54) is 25.7 Å². The Bertz CT molecular complexity index is 214. The Balaban J connectivity index is 1.86. The molecule has 0 aromatic rings. The number of nitrogens with one attached hydrogen (secondary N) is 1. The first-order chi connectivity index (χ1) is 8.24. The van der Waals surface area contributed by atoms with Crippen LogP contribution in [0, 0.1) is 5.92 Å². The van der Waals surface area contributed by atoms with E-state index in [2.05, 4.69) is 12.2 Å². The van der Waals surface area contributed by atoms with E-state index >= 15 is 0 Å². The molecule has 1 aliphatic carbocycles. The zero-order chi connectivity index (χ0) is 12.5. The second-order valence-corrected chi connectivity index (χ2v) is 5.23. The molecular formula is C14H27NO2. The molecule has 1 fully saturated rings. The van der Waals surface area contributed by atoms with Crippen molar-refractivity contribution in [3.05, 3.63) is 0 Å². The van der Waals surface area contributed by atoms with E-state index in [0.717, 1.165) is 25.7 Å². The Morgan fingerprint density at radius 2 is 1.88 bits per heavy atom. The van der Waals surface area contributed by atoms with Crippen LogP contribution in [0.4, 0.5) is 0 Å². The van der Waals surface area contributed by atoms with Gasteiger partial charge in [-0.3, -0.25) is 4.79 Å². The van der Waals surface area contributed by atoms with E-state index in [1.807, 2.05) is 0 Å². The van der Waals surface area contributed by atoms with E-state index in [9.17, 15) is 9.90 Å². The first kappa shape index (κ1) is 14.5. The van der Waals surface area contributed by atoms with E-state index in [0.29, 0.717) is 18.9 Å². The summed E-state index contributed by atoms with van der Waals surface area (Å²) in [6, 6.07) is 0. The lowest BCUT2D eigenvalue weighted by molar-refractivity contribution is -0.121. The van der Waals surface area contributed by atoms with Gasteiger partial charge >= 0.3 is 0 Å². The van der Waals surface area contributed by atoms with Crippen LogP contribution in [0.3, 0.4) is 0 Å². The summed E-state index contributed by atoms with van der Waals surface area (Å²) >= 11 is 0. The van der Waals surface area contributed by atoms with Gasteiger partial charge in [-0.2, -0.15) is 0 Å². The van der Waals surface area contributed by atoms with E-state index in [1.54, 1.807) is 0 Å². The molecule has 0 spiro atoms. The standard InChI is InChI=1S/C14H27NO2/c1-2-3-4-5-6-7-8-14(17)15-11-13(16)12-9-10-12/h12-13,16H,2-11H2,1H3,(H,15,17). The quantitative estimate of drug-likeness (QED) is 0.578. The number of carbonyl (C=O) groups is 1. The number of carbonyl (C=O) groups excluding carboxylic acids is 1. The summed E-state index contributed by atoms with van der Waals surface area (Å²) in [5, 5.41) is 12.4. The zero-order valence-corrected chi connectivity index (χ0v) is 11.1. The van der Waals surface area contributed by atoms with Crippen LogP contribution >= 0.6 is 0 Å². The van der Waals surface area contributed by atoms with E-state index < -0.39 is 0 Å². The number of amides is 1. The van der Waals surface area contributed by atoms with Gasteiger partial charge in [0.15, 0.2) is 0 Å². The van der Waals surface area contributed by atoms with Crippen molar-refractivity contribution in [1.82, 2.24) is 5.32 Å². The average molecular weight is 241 g/mol. The van der Waals surface area contributed by atoms with Crippen LogP contribution in [0.15, 0.2) is 0 Å². The molecule has 1 atom stereocenters. The smallest absolute Gasteiger partial charge is 0.220 e. The molecule has 3 heteroatoms. The average Bonchev–Trinajstić information content (AvgIpc) is 3.14. The van der Waals surface area contributed by atoms with Crippen molar-refractivity contribution >= 4 is 5.91 Å². The number of unbranched alkanes of at least 4 members (excludes halogenated alkanes) is 5. The Morgan fingerprint density at radius 1 is 1.24 bits per heavy atom. The van der Waals surface area contributed by atoms with Crippen LogP contribution in [0.1, 0.15) is 64.7 Å². The van der Waals surface area contributed by atoms with Crippen molar-refractivity contribution in [1.29, 1.82) is 0 Å². The minimum Gasteiger partial charge on any atom is -0.391 e. The first-order valence-electron chi connectivity index (χ1n) is 7.18. The summed E-state index contributed by atoms with van der Waals surface area (Å²) in [5.74, 6) is 0.546. The second kappa shape index (κ2) is 8.51. The van der Waals surface area contributed by atoms with Crippen molar-refractivity contribution in [3.63, 3.8) is 0 Å². The largest absolute Gasteiger partial charge is 0.391 e. The molecule has 0 heterocycles. The van der Waals surface area contributed by atoms with Gasteiger partial charge in [-0.05, 0) is 25.2 Å². The van der Waals surface area contributed by atoms with Gasteiger partial charge in [-0.1, -0.05) is 39.0 Å². The molecule has 0 bridgehead atoms. The predicted molar refractivity (Wildman–Crippen MR) is 69.7 cm³/mol. The van der Waals surface area contributed by atoms with Gasteiger partial charge in [0, 0.05) is 13.0 Å². The molecular weight excluding hydrogens is 214 g/mol. The first-order valence-corrected chi connectivity index (χ1v) is 7.18. The van der Waals surface area contributed by atoms with Gasteiger partial charge in [0.25, 0.3) is 0 Å². The van der Waals surface area contributed by atoms with Crippen molar-refractivity contribution in [2.24, 2.45) is 5.92 Å². The van der Waals surface area contributed by atoms with Crippen LogP contribution in [-0.4, -0.2) is 23.7 Å². The van der Waals surface area contributed by atoms with Crippen molar-refractivity contribution in [3.8, 4) is 0 Å². The van der Waals surface area contributed by atoms with Gasteiger partial charge in [-0.25, -0.2) is 0 Å². The zero-order valence-electron chi connectivity index (χ0n) is 11.1. The lowest BCUT2D eigenvalue weighted by Crippen LogP contribution is -2.32. The molecule has 100 valence electrons. The summed E-state index contributed by atoms with van der Waals surface area (Å²) in [5.41, 5.74) is 0. The topological polar surface area (TPSA) is 49.3 Å². The highest BCUT2D eigenvalue weighted by molar-refractivity contribution is 5.75. The third kappa shape index (κ3) is 7.37. The minimum absolute atomic E-state index is 0.0974. The number of rotatable bonds is 10. The van der Waals surface area contributed by atoms with Gasteiger partial charge < -0.3 is 10.4 Å². The molecule has 0 aromatic carbocycles. The maximum absolute atomic E-state index is 11.5. The van der Waals surface area contributed by atoms with Crippen molar-refractivity contribution in [2.75, 3.05) is 6.54 Å². The highest BCUT2D eigenvalue weighted by atomic mass is 16.3. The Morgan fingerprint density at radius 3 is 2.53 bits per heavy atom. The lowest BCUT2D eigenvalue weighted by atomic mass is 10.1. The third-order valence-corrected chi connectivity index (χ3v) is 3.43. The fourth-order valence-corrected chi connectivity index (χ4v) is 2.02. The maximum Gasteiger partial charge on any atom is 0.220 e. The monoisotopic (exact) mass is 241 g/mol. The highest BCUT2D eigenvalue weighted by Gasteiger charge is 2.29. The summed E-state index contributed by atoms with van der Waals surface area (Å²) in [4.78, 5) is 11.5. The second-order valence-electron chi connectivity index (χ2n) is 5.23. The normalized spacial score (nSPS) is 16.8. The fraction of sp³-hybridized carbons (Fsp3) is 0.929. The van der Waals surface area contributed by atoms with Crippen LogP contribution in [0.25, 0.3) is 0 Å². The lowest BCUT2D eigenvalue weighted by Gasteiger charge is -2.10. The van der Waals surface area contributed by atoms with Crippen LogP contribution < -0.4 is 5.32 Å². The van der Waals surface area contributed by atoms with Crippen molar-refractivity contribution < 1.29 is 9.90 Å². The number of hydrogen-bond acceptors (Lipinski definition) is 2. The molecule has 1 aliphatic rings. The molecule has 0 aliphatic heterocycles. The molecule has 1 unspecified atom stereocenters. The molecule has 0 saturated heterocycles. The van der Waals surface area contributed by atoms with Gasteiger partial charge in [-0.15, -0.1) is 0 Å². The maximum atomic E-state index is 11.5. The minimum atomic E-state index is -0.316. The van der Waals surface area contributed by atoms with Crippen LogP contribution in [0.5, 0.6) is 0 Å². The Hall–Kier alpha value is -0.570. The van der Waals surface area contributed by atoms with Gasteiger partial charge in [0.1, 0.15) is 0 Å². The van der Waals surface area contributed by atoms with Crippen LogP contribution in [0.2, 0.25) is 0 Å². The molecule has 17 heavy (non-hydrogen) atoms. The summed E-state index contributed by atoms with van der Waals surface area (Å²) < 4.78 is 0. The predicted octanol–water partition coefficient (Wildman–Crippen LogP) is 2.62. The Kier molecular flexibility index (Phi) is 7.25. The molecule has 3 nitrogen and oxygen atoms in total. The van der Waals surface area contributed by atoms with E-state index in [4.69, 9.17) is 0 Å². The fourth-order valence-electron chi connectivity index (χ4n) is 2.02. The highest BCUT2D eigenvalue weighted by Crippen LogP contribution is 2.32. The molecule has 2 N–H and O–H groups in total. The summed E-state index contributed by atoms with van der Waals surface area (Å²) in [7, 11) is 0. The SMILES string of the molecule is CCCCCCCCC(=O)NCC(O)C1CC1. The molecule has 1 amide bonds. The molecule has 1 rings (SSSR count). The van der Waals surface area contributed by atoms with Crippen LogP contribution in [-0.2, 0) is 4.79 Å². The molecule has 0 aromatic heterocycles. The van der Waals surface area contributed by atoms with Crippen molar-refractivity contribution in [2.45, 2.75) is 70.8 Å². The number of aliphatic hydroxyl groups is 1. The number of aliphatic hydroxyl groups excluding tert-OH is 1. The molecule has 0 radical (unpaired) electrons. The Labute approximate surface area is 105 Å². The van der Waals surface area contributed by atoms with Gasteiger partial charge in [0.2, 0.25) is 5.91 Å². The number of hydrogen-bond donors (Lipinski definition) is 2. The summed E-state index contributed by atoms with van der Waals surface area (Å²) in [6.45, 7) is 2.65. The summed E-state index contributed by atoms with van der Waals surface area (Å²) in [6.07, 6.45) is 9.77.